The summed E-state index contributed by atoms with van der Waals surface area (Å²) in [6.45, 7) is 0. The van der Waals surface area contributed by atoms with Crippen molar-refractivity contribution in [1.29, 1.82) is 0 Å². The average Bonchev–Trinajstić information content (AvgIpc) is 2.91. The maximum absolute atomic E-state index is 13.6. The van der Waals surface area contributed by atoms with E-state index in [1.54, 1.807) is 0 Å². The number of fused-ring (bicyclic) bond motifs is 1. The van der Waals surface area contributed by atoms with Gasteiger partial charge in [-0.25, -0.2) is 8.78 Å². The molecule has 18 heavy (non-hydrogen) atoms. The molecule has 0 radical (unpaired) electrons. The number of ether oxygens (including phenoxy) is 1. The van der Waals surface area contributed by atoms with Gasteiger partial charge in [-0.05, 0) is 31.1 Å². The lowest BCUT2D eigenvalue weighted by atomic mass is 10.2. The molecule has 0 N–H and O–H groups in total. The first-order chi connectivity index (χ1) is 8.54. The minimum atomic E-state index is -1.01. The number of nitro benzene ring substituents is 1. The van der Waals surface area contributed by atoms with Crippen LogP contribution in [0.25, 0.3) is 0 Å². The summed E-state index contributed by atoms with van der Waals surface area (Å²) in [5, 5.41) is 10.4. The van der Waals surface area contributed by atoms with Crippen molar-refractivity contribution in [2.45, 2.75) is 25.4 Å². The molecular formula is C12H11F2NO3. The largest absolute Gasteiger partial charge is 0.484 e. The predicted octanol–water partition coefficient (Wildman–Crippen LogP) is 3.05. The van der Waals surface area contributed by atoms with Crippen molar-refractivity contribution >= 4 is 5.69 Å². The van der Waals surface area contributed by atoms with Gasteiger partial charge in [0.1, 0.15) is 0 Å². The summed E-state index contributed by atoms with van der Waals surface area (Å²) < 4.78 is 32.4. The molecule has 96 valence electrons. The molecule has 3 rings (SSSR count). The molecule has 0 aliphatic heterocycles. The number of rotatable bonds is 3. The van der Waals surface area contributed by atoms with Gasteiger partial charge in [0.2, 0.25) is 0 Å². The lowest BCUT2D eigenvalue weighted by Crippen LogP contribution is -2.15. The Hall–Kier alpha value is -1.72. The van der Waals surface area contributed by atoms with E-state index in [9.17, 15) is 18.9 Å². The minimum Gasteiger partial charge on any atom is -0.484 e. The van der Waals surface area contributed by atoms with E-state index >= 15 is 0 Å². The molecule has 0 aromatic heterocycles. The Balaban J connectivity index is 1.80. The average molecular weight is 255 g/mol. The van der Waals surface area contributed by atoms with Crippen molar-refractivity contribution in [2.75, 3.05) is 0 Å². The molecule has 4 nitrogen and oxygen atoms in total. The Bertz CT molecular complexity index is 487. The molecule has 2 saturated carbocycles. The molecule has 0 bridgehead atoms. The third-order valence-electron chi connectivity index (χ3n) is 3.68. The lowest BCUT2D eigenvalue weighted by Gasteiger charge is -2.15. The fraction of sp³-hybridized carbons (Fsp3) is 0.500. The fourth-order valence-corrected chi connectivity index (χ4v) is 2.69. The van der Waals surface area contributed by atoms with Gasteiger partial charge in [0.15, 0.2) is 17.4 Å². The monoisotopic (exact) mass is 255 g/mol. The smallest absolute Gasteiger partial charge is 0.275 e. The number of hydrogen-bond acceptors (Lipinski definition) is 3. The van der Waals surface area contributed by atoms with Crippen LogP contribution in [0.1, 0.15) is 19.3 Å². The summed E-state index contributed by atoms with van der Waals surface area (Å²) in [5.74, 6) is -1.24. The number of halogens is 2. The van der Waals surface area contributed by atoms with Gasteiger partial charge in [0.25, 0.3) is 5.69 Å². The first-order valence-corrected chi connectivity index (χ1v) is 5.84. The van der Waals surface area contributed by atoms with Crippen LogP contribution in [0, 0.1) is 33.6 Å². The van der Waals surface area contributed by atoms with Crippen molar-refractivity contribution in [3.63, 3.8) is 0 Å². The van der Waals surface area contributed by atoms with Gasteiger partial charge in [-0.15, -0.1) is 0 Å². The fourth-order valence-electron chi connectivity index (χ4n) is 2.69. The highest BCUT2D eigenvalue weighted by Crippen LogP contribution is 2.52. The van der Waals surface area contributed by atoms with E-state index in [1.165, 1.54) is 6.42 Å². The number of hydrogen-bond donors (Lipinski definition) is 0. The van der Waals surface area contributed by atoms with Crippen LogP contribution >= 0.6 is 0 Å². The summed E-state index contributed by atoms with van der Waals surface area (Å²) in [5.41, 5.74) is -0.605. The second kappa shape index (κ2) is 3.90. The van der Waals surface area contributed by atoms with Crippen molar-refractivity contribution < 1.29 is 18.4 Å². The van der Waals surface area contributed by atoms with E-state index in [4.69, 9.17) is 4.74 Å². The maximum Gasteiger partial charge on any atom is 0.275 e. The standard InChI is InChI=1S/C12H11F2NO3/c13-10-4-8(15(16)17)5-11(14)12(10)18-9-2-6-1-7(6)3-9/h4-7,9H,1-3H2/t6-,7?,9?/m0/s1. The molecule has 0 spiro atoms. The van der Waals surface area contributed by atoms with Crippen LogP contribution in [-0.2, 0) is 0 Å². The summed E-state index contributed by atoms with van der Waals surface area (Å²) in [6.07, 6.45) is 2.66. The summed E-state index contributed by atoms with van der Waals surface area (Å²) in [6, 6.07) is 1.38. The van der Waals surface area contributed by atoms with Crippen molar-refractivity contribution in [3.8, 4) is 5.75 Å². The third kappa shape index (κ3) is 1.91. The van der Waals surface area contributed by atoms with E-state index in [2.05, 4.69) is 0 Å². The van der Waals surface area contributed by atoms with Crippen LogP contribution in [0.15, 0.2) is 12.1 Å². The van der Waals surface area contributed by atoms with Gasteiger partial charge in [-0.3, -0.25) is 10.1 Å². The zero-order valence-corrected chi connectivity index (χ0v) is 9.44. The number of benzene rings is 1. The third-order valence-corrected chi connectivity index (χ3v) is 3.68. The molecule has 2 fully saturated rings. The summed E-state index contributed by atoms with van der Waals surface area (Å²) in [7, 11) is 0. The highest BCUT2D eigenvalue weighted by molar-refractivity contribution is 5.39. The van der Waals surface area contributed by atoms with Gasteiger partial charge in [0.05, 0.1) is 23.2 Å². The van der Waals surface area contributed by atoms with Gasteiger partial charge in [0, 0.05) is 0 Å². The van der Waals surface area contributed by atoms with Crippen LogP contribution in [0.4, 0.5) is 14.5 Å². The van der Waals surface area contributed by atoms with E-state index in [-0.39, 0.29) is 6.10 Å². The highest BCUT2D eigenvalue weighted by atomic mass is 19.1. The van der Waals surface area contributed by atoms with Gasteiger partial charge >= 0.3 is 0 Å². The van der Waals surface area contributed by atoms with Crippen molar-refractivity contribution in [2.24, 2.45) is 11.8 Å². The van der Waals surface area contributed by atoms with Gasteiger partial charge in [-0.2, -0.15) is 0 Å². The molecule has 0 amide bonds. The molecule has 3 atom stereocenters. The number of non-ortho nitro benzene ring substituents is 1. The molecule has 2 aliphatic carbocycles. The molecule has 2 aliphatic rings. The maximum atomic E-state index is 13.6. The quantitative estimate of drug-likeness (QED) is 0.616. The Labute approximate surface area is 102 Å². The first-order valence-electron chi connectivity index (χ1n) is 5.84. The summed E-state index contributed by atoms with van der Waals surface area (Å²) in [4.78, 5) is 9.61. The Morgan fingerprint density at radius 3 is 2.22 bits per heavy atom. The normalized spacial score (nSPS) is 28.9. The Morgan fingerprint density at radius 1 is 1.17 bits per heavy atom. The molecule has 1 aromatic carbocycles. The predicted molar refractivity (Wildman–Crippen MR) is 58.3 cm³/mol. The minimum absolute atomic E-state index is 0.167. The lowest BCUT2D eigenvalue weighted by molar-refractivity contribution is -0.385. The van der Waals surface area contributed by atoms with Crippen LogP contribution in [0.5, 0.6) is 5.75 Å². The topological polar surface area (TPSA) is 52.4 Å². The second-order valence-electron chi connectivity index (χ2n) is 4.96. The molecule has 2 unspecified atom stereocenters. The van der Waals surface area contributed by atoms with Crippen molar-refractivity contribution in [1.82, 2.24) is 0 Å². The van der Waals surface area contributed by atoms with Crippen LogP contribution in [0.3, 0.4) is 0 Å². The zero-order chi connectivity index (χ0) is 12.9. The van der Waals surface area contributed by atoms with Crippen molar-refractivity contribution in [3.05, 3.63) is 33.9 Å². The van der Waals surface area contributed by atoms with E-state index in [0.717, 1.165) is 12.8 Å². The van der Waals surface area contributed by atoms with Crippen LogP contribution in [0.2, 0.25) is 0 Å². The van der Waals surface area contributed by atoms with E-state index in [1.807, 2.05) is 0 Å². The van der Waals surface area contributed by atoms with E-state index < -0.39 is 28.0 Å². The van der Waals surface area contributed by atoms with Gasteiger partial charge < -0.3 is 4.74 Å². The molecule has 6 heteroatoms. The zero-order valence-electron chi connectivity index (χ0n) is 9.44. The molecule has 0 heterocycles. The van der Waals surface area contributed by atoms with E-state index in [0.29, 0.717) is 24.0 Å². The summed E-state index contributed by atoms with van der Waals surface area (Å²) >= 11 is 0. The number of nitrogens with zero attached hydrogens (tertiary/aromatic N) is 1. The van der Waals surface area contributed by atoms with Gasteiger partial charge in [-0.1, -0.05) is 0 Å². The van der Waals surface area contributed by atoms with Crippen LogP contribution in [-0.4, -0.2) is 11.0 Å². The molecule has 0 saturated heterocycles. The van der Waals surface area contributed by atoms with Crippen LogP contribution < -0.4 is 4.74 Å². The highest BCUT2D eigenvalue weighted by Gasteiger charge is 2.47. The second-order valence-corrected chi connectivity index (χ2v) is 4.96. The number of nitro groups is 1. The first kappa shape index (κ1) is 11.4. The molecule has 1 aromatic rings. The Kier molecular flexibility index (Phi) is 2.46. The SMILES string of the molecule is O=[N+]([O-])c1cc(F)c(OC2CC3C[C@H]3C2)c(F)c1. The molecular weight excluding hydrogens is 244 g/mol. The Morgan fingerprint density at radius 2 is 1.72 bits per heavy atom.